The molecule has 0 saturated heterocycles. The summed E-state index contributed by atoms with van der Waals surface area (Å²) in [6.07, 6.45) is 19.3. The minimum absolute atomic E-state index is 0.457. The minimum atomic E-state index is 0.457. The molecule has 0 radical (unpaired) electrons. The van der Waals surface area contributed by atoms with E-state index >= 15 is 0 Å². The molecule has 0 N–H and O–H groups in total. The number of hydrogen-bond acceptors (Lipinski definition) is 3. The average Bonchev–Trinajstić information content (AvgIpc) is 3.54. The van der Waals surface area contributed by atoms with Crippen molar-refractivity contribution in [2.75, 3.05) is 0 Å². The van der Waals surface area contributed by atoms with Gasteiger partial charge < -0.3 is 9.26 Å². The number of ether oxygens (including phenoxy) is 1. The number of nitrogens with zero attached hydrogens (tertiary/aromatic N) is 1. The van der Waals surface area contributed by atoms with Crippen molar-refractivity contribution in [1.29, 1.82) is 0 Å². The molecule has 4 aliphatic carbocycles. The third kappa shape index (κ3) is 3.54. The molecule has 1 heterocycles. The highest BCUT2D eigenvalue weighted by molar-refractivity contribution is 5.31. The summed E-state index contributed by atoms with van der Waals surface area (Å²) in [5, 5.41) is 4.60. The van der Waals surface area contributed by atoms with Crippen LogP contribution in [0.1, 0.15) is 119 Å². The first kappa shape index (κ1) is 16.4. The molecule has 3 nitrogen and oxygen atoms in total. The lowest BCUT2D eigenvalue weighted by Crippen LogP contribution is -2.17. The maximum absolute atomic E-state index is 6.41. The Labute approximate surface area is 151 Å². The first-order valence-electron chi connectivity index (χ1n) is 10.9. The lowest BCUT2D eigenvalue weighted by molar-refractivity contribution is 0.0297. The molecule has 1 spiro atoms. The second-order valence-electron chi connectivity index (χ2n) is 9.38. The Morgan fingerprint density at radius 3 is 2.20 bits per heavy atom. The molecular formula is C22H33NO2. The lowest BCUT2D eigenvalue weighted by Gasteiger charge is -2.27. The van der Waals surface area contributed by atoms with Crippen LogP contribution in [0.2, 0.25) is 0 Å². The van der Waals surface area contributed by atoms with Crippen molar-refractivity contribution < 1.29 is 9.26 Å². The zero-order valence-corrected chi connectivity index (χ0v) is 15.6. The quantitative estimate of drug-likeness (QED) is 0.594. The van der Waals surface area contributed by atoms with E-state index in [1.807, 2.05) is 0 Å². The first-order valence-corrected chi connectivity index (χ1v) is 10.9. The molecule has 4 aliphatic rings. The van der Waals surface area contributed by atoms with E-state index in [9.17, 15) is 0 Å². The van der Waals surface area contributed by atoms with E-state index in [2.05, 4.69) is 5.16 Å². The summed E-state index contributed by atoms with van der Waals surface area (Å²) in [5.74, 6) is 2.43. The molecule has 25 heavy (non-hydrogen) atoms. The standard InChI is InChI=1S/C22H33NO2/c1-2-4-6-18(5-3-1)24-15-19-20(23-25-21(19)17-7-8-17)16-9-11-22(12-10-16)13-14-22/h16-18H,1-15H2. The lowest BCUT2D eigenvalue weighted by atomic mass is 9.77. The van der Waals surface area contributed by atoms with Gasteiger partial charge in [-0.3, -0.25) is 0 Å². The summed E-state index contributed by atoms with van der Waals surface area (Å²) in [6, 6.07) is 0. The van der Waals surface area contributed by atoms with Crippen LogP contribution in [0.3, 0.4) is 0 Å². The zero-order valence-electron chi connectivity index (χ0n) is 15.6. The van der Waals surface area contributed by atoms with Crippen molar-refractivity contribution >= 4 is 0 Å². The molecule has 4 fully saturated rings. The second kappa shape index (κ2) is 6.72. The van der Waals surface area contributed by atoms with E-state index in [1.165, 1.54) is 107 Å². The highest BCUT2D eigenvalue weighted by Crippen LogP contribution is 2.59. The molecule has 5 rings (SSSR count). The third-order valence-electron chi connectivity index (χ3n) is 7.45. The maximum atomic E-state index is 6.41. The van der Waals surface area contributed by atoms with Gasteiger partial charge in [0, 0.05) is 17.4 Å². The molecule has 138 valence electrons. The summed E-state index contributed by atoms with van der Waals surface area (Å²) >= 11 is 0. The highest BCUT2D eigenvalue weighted by Gasteiger charge is 2.46. The zero-order chi connectivity index (χ0) is 16.7. The largest absolute Gasteiger partial charge is 0.373 e. The van der Waals surface area contributed by atoms with Crippen molar-refractivity contribution in [3.8, 4) is 0 Å². The summed E-state index contributed by atoms with van der Waals surface area (Å²) < 4.78 is 12.3. The van der Waals surface area contributed by atoms with Crippen LogP contribution in [-0.4, -0.2) is 11.3 Å². The molecular weight excluding hydrogens is 310 g/mol. The first-order chi connectivity index (χ1) is 12.3. The molecule has 0 amide bonds. The van der Waals surface area contributed by atoms with Crippen molar-refractivity contribution in [1.82, 2.24) is 5.16 Å². The van der Waals surface area contributed by atoms with Crippen LogP contribution in [0.4, 0.5) is 0 Å². The van der Waals surface area contributed by atoms with Gasteiger partial charge in [0.25, 0.3) is 0 Å². The molecule has 0 aliphatic heterocycles. The van der Waals surface area contributed by atoms with Crippen molar-refractivity contribution in [2.45, 2.75) is 114 Å². The Morgan fingerprint density at radius 2 is 1.56 bits per heavy atom. The van der Waals surface area contributed by atoms with Gasteiger partial charge in [-0.05, 0) is 69.6 Å². The van der Waals surface area contributed by atoms with Gasteiger partial charge in [0.2, 0.25) is 0 Å². The van der Waals surface area contributed by atoms with Gasteiger partial charge in [-0.25, -0.2) is 0 Å². The van der Waals surface area contributed by atoms with Gasteiger partial charge in [0.1, 0.15) is 5.76 Å². The molecule has 0 bridgehead atoms. The Bertz CT molecular complexity index is 581. The molecule has 0 aromatic carbocycles. The van der Waals surface area contributed by atoms with Crippen LogP contribution in [0.25, 0.3) is 0 Å². The SMILES string of the molecule is C1CCCC(OCc2c(C3CCC4(CC3)CC4)noc2C2CC2)CC1. The number of rotatable bonds is 5. The fourth-order valence-electron chi connectivity index (χ4n) is 5.26. The van der Waals surface area contributed by atoms with E-state index < -0.39 is 0 Å². The van der Waals surface area contributed by atoms with Gasteiger partial charge >= 0.3 is 0 Å². The average molecular weight is 344 g/mol. The van der Waals surface area contributed by atoms with Gasteiger partial charge in [-0.15, -0.1) is 0 Å². The topological polar surface area (TPSA) is 35.3 Å². The van der Waals surface area contributed by atoms with E-state index in [1.54, 1.807) is 0 Å². The smallest absolute Gasteiger partial charge is 0.145 e. The summed E-state index contributed by atoms with van der Waals surface area (Å²) in [6.45, 7) is 0.747. The molecule has 0 atom stereocenters. The van der Waals surface area contributed by atoms with Crippen LogP contribution in [0.5, 0.6) is 0 Å². The Kier molecular flexibility index (Phi) is 4.39. The highest BCUT2D eigenvalue weighted by atomic mass is 16.5. The minimum Gasteiger partial charge on any atom is -0.373 e. The predicted octanol–water partition coefficient (Wildman–Crippen LogP) is 6.23. The van der Waals surface area contributed by atoms with Crippen molar-refractivity contribution in [2.24, 2.45) is 5.41 Å². The molecule has 1 aromatic heterocycles. The van der Waals surface area contributed by atoms with Crippen LogP contribution in [0, 0.1) is 5.41 Å². The van der Waals surface area contributed by atoms with Gasteiger partial charge in [-0.1, -0.05) is 30.8 Å². The Morgan fingerprint density at radius 1 is 0.840 bits per heavy atom. The summed E-state index contributed by atoms with van der Waals surface area (Å²) in [7, 11) is 0. The van der Waals surface area contributed by atoms with Crippen LogP contribution in [0.15, 0.2) is 4.52 Å². The van der Waals surface area contributed by atoms with Gasteiger partial charge in [-0.2, -0.15) is 0 Å². The number of aromatic nitrogens is 1. The third-order valence-corrected chi connectivity index (χ3v) is 7.45. The Balaban J connectivity index is 1.29. The van der Waals surface area contributed by atoms with E-state index in [0.717, 1.165) is 12.0 Å². The Hall–Kier alpha value is -0.830. The van der Waals surface area contributed by atoms with E-state index in [0.29, 0.717) is 17.9 Å². The van der Waals surface area contributed by atoms with Crippen LogP contribution < -0.4 is 0 Å². The molecule has 1 aromatic rings. The monoisotopic (exact) mass is 343 g/mol. The van der Waals surface area contributed by atoms with E-state index in [-0.39, 0.29) is 0 Å². The van der Waals surface area contributed by atoms with Crippen molar-refractivity contribution in [3.05, 3.63) is 17.0 Å². The fraction of sp³-hybridized carbons (Fsp3) is 0.864. The van der Waals surface area contributed by atoms with Gasteiger partial charge in [0.05, 0.1) is 18.4 Å². The molecule has 4 saturated carbocycles. The second-order valence-corrected chi connectivity index (χ2v) is 9.38. The van der Waals surface area contributed by atoms with Crippen LogP contribution >= 0.6 is 0 Å². The van der Waals surface area contributed by atoms with Crippen LogP contribution in [-0.2, 0) is 11.3 Å². The molecule has 3 heteroatoms. The van der Waals surface area contributed by atoms with Crippen molar-refractivity contribution in [3.63, 3.8) is 0 Å². The fourth-order valence-corrected chi connectivity index (χ4v) is 5.26. The number of hydrogen-bond donors (Lipinski definition) is 0. The summed E-state index contributed by atoms with van der Waals surface area (Å²) in [5.41, 5.74) is 3.37. The molecule has 0 unspecified atom stereocenters. The van der Waals surface area contributed by atoms with E-state index in [4.69, 9.17) is 9.26 Å². The predicted molar refractivity (Wildman–Crippen MR) is 97.6 cm³/mol. The normalized spacial score (nSPS) is 27.5. The van der Waals surface area contributed by atoms with Gasteiger partial charge in [0.15, 0.2) is 0 Å². The maximum Gasteiger partial charge on any atom is 0.145 e. The summed E-state index contributed by atoms with van der Waals surface area (Å²) in [4.78, 5) is 0.